The summed E-state index contributed by atoms with van der Waals surface area (Å²) in [6, 6.07) is 5.43. The highest BCUT2D eigenvalue weighted by Gasteiger charge is 2.34. The molecule has 6 nitrogen and oxygen atoms in total. The monoisotopic (exact) mass is 296 g/mol. The molecule has 0 fully saturated rings. The second-order valence-corrected chi connectivity index (χ2v) is 4.15. The number of nitrogens with zero attached hydrogens (tertiary/aromatic N) is 2. The molecule has 2 N–H and O–H groups in total. The molecule has 0 aliphatic rings. The minimum Gasteiger partial charge on any atom is -0.363 e. The summed E-state index contributed by atoms with van der Waals surface area (Å²) in [5, 5.41) is 5.94. The predicted octanol–water partition coefficient (Wildman–Crippen LogP) is 2.82. The average Bonchev–Trinajstić information content (AvgIpc) is 3.04. The molecule has 2 heterocycles. The van der Waals surface area contributed by atoms with E-state index < -0.39 is 17.9 Å². The van der Waals surface area contributed by atoms with Gasteiger partial charge in [0.2, 0.25) is 5.82 Å². The van der Waals surface area contributed by atoms with Crippen molar-refractivity contribution in [3.8, 4) is 0 Å². The Morgan fingerprint density at radius 1 is 1.29 bits per heavy atom. The number of hydrogen-bond donors (Lipinski definition) is 2. The Kier molecular flexibility index (Phi) is 2.89. The van der Waals surface area contributed by atoms with E-state index in [4.69, 9.17) is 0 Å². The smallest absolute Gasteiger partial charge is 0.363 e. The Labute approximate surface area is 115 Å². The van der Waals surface area contributed by atoms with Gasteiger partial charge < -0.3 is 14.8 Å². The zero-order chi connectivity index (χ0) is 15.0. The van der Waals surface area contributed by atoms with Gasteiger partial charge in [-0.1, -0.05) is 5.16 Å². The van der Waals surface area contributed by atoms with E-state index in [-0.39, 0.29) is 22.4 Å². The number of halogens is 3. The van der Waals surface area contributed by atoms with Crippen LogP contribution in [0.5, 0.6) is 0 Å². The number of rotatable bonds is 2. The molecule has 0 bridgehead atoms. The molecule has 0 aliphatic heterocycles. The van der Waals surface area contributed by atoms with Crippen molar-refractivity contribution in [1.29, 1.82) is 0 Å². The fourth-order valence-corrected chi connectivity index (χ4v) is 1.75. The molecule has 0 saturated heterocycles. The topological polar surface area (TPSA) is 83.8 Å². The number of carbonyl (C=O) groups is 1. The summed E-state index contributed by atoms with van der Waals surface area (Å²) in [6.07, 6.45) is -3.29. The van der Waals surface area contributed by atoms with Crippen LogP contribution in [-0.2, 0) is 6.18 Å². The summed E-state index contributed by atoms with van der Waals surface area (Å²) >= 11 is 0. The number of carbonyl (C=O) groups excluding carboxylic acids is 1. The van der Waals surface area contributed by atoms with Crippen LogP contribution in [0.1, 0.15) is 16.2 Å². The van der Waals surface area contributed by atoms with Gasteiger partial charge in [-0.3, -0.25) is 4.79 Å². The molecule has 9 heteroatoms. The molecule has 0 atom stereocenters. The number of nitrogens with one attached hydrogen (secondary N) is 2. The van der Waals surface area contributed by atoms with E-state index >= 15 is 0 Å². The third kappa shape index (κ3) is 2.57. The van der Waals surface area contributed by atoms with Gasteiger partial charge in [0.05, 0.1) is 11.0 Å². The largest absolute Gasteiger partial charge is 0.449 e. The van der Waals surface area contributed by atoms with E-state index in [0.29, 0.717) is 0 Å². The fraction of sp³-hybridized carbons (Fsp3) is 0.0833. The van der Waals surface area contributed by atoms with Crippen LogP contribution in [0.15, 0.2) is 35.1 Å². The average molecular weight is 296 g/mol. The predicted molar refractivity (Wildman–Crippen MR) is 65.6 cm³/mol. The maximum absolute atomic E-state index is 12.5. The Balaban J connectivity index is 1.92. The van der Waals surface area contributed by atoms with Gasteiger partial charge in [0.15, 0.2) is 5.82 Å². The van der Waals surface area contributed by atoms with Crippen molar-refractivity contribution in [2.24, 2.45) is 0 Å². The van der Waals surface area contributed by atoms with Gasteiger partial charge in [-0.25, -0.2) is 4.98 Å². The Morgan fingerprint density at radius 2 is 2.10 bits per heavy atom. The fourth-order valence-electron chi connectivity index (χ4n) is 1.75. The first-order valence-electron chi connectivity index (χ1n) is 5.72. The molecule has 0 saturated carbocycles. The van der Waals surface area contributed by atoms with Crippen LogP contribution >= 0.6 is 0 Å². The number of aromatic nitrogens is 3. The molecule has 3 rings (SSSR count). The standard InChI is InChI=1S/C12H7F3N4O2/c13-12(14,15)11-16-7-2-1-6(5-8(7)17-11)10(20)18-9-3-4-21-19-9/h1-5H,(H,16,17)(H,18,19,20). The lowest BCUT2D eigenvalue weighted by Gasteiger charge is -2.01. The van der Waals surface area contributed by atoms with Crippen LogP contribution in [-0.4, -0.2) is 21.0 Å². The van der Waals surface area contributed by atoms with Crippen LogP contribution in [0, 0.1) is 0 Å². The van der Waals surface area contributed by atoms with Gasteiger partial charge in [0.1, 0.15) is 6.26 Å². The molecular weight excluding hydrogens is 289 g/mol. The van der Waals surface area contributed by atoms with Crippen LogP contribution in [0.4, 0.5) is 19.0 Å². The van der Waals surface area contributed by atoms with Gasteiger partial charge in [-0.05, 0) is 18.2 Å². The quantitative estimate of drug-likeness (QED) is 0.761. The zero-order valence-corrected chi connectivity index (χ0v) is 10.2. The highest BCUT2D eigenvalue weighted by atomic mass is 19.4. The SMILES string of the molecule is O=C(Nc1ccon1)c1ccc2nc(C(F)(F)F)[nH]c2c1. The van der Waals surface area contributed by atoms with Crippen LogP contribution in [0.3, 0.4) is 0 Å². The number of aromatic amines is 1. The second-order valence-electron chi connectivity index (χ2n) is 4.15. The number of anilines is 1. The molecular formula is C12H7F3N4O2. The van der Waals surface area contributed by atoms with Crippen LogP contribution in [0.2, 0.25) is 0 Å². The number of H-pyrrole nitrogens is 1. The summed E-state index contributed by atoms with van der Waals surface area (Å²) in [7, 11) is 0. The molecule has 3 aromatic rings. The molecule has 0 unspecified atom stereocenters. The lowest BCUT2D eigenvalue weighted by atomic mass is 10.2. The minimum atomic E-state index is -4.57. The third-order valence-electron chi connectivity index (χ3n) is 2.69. The van der Waals surface area contributed by atoms with Crippen molar-refractivity contribution in [2.45, 2.75) is 6.18 Å². The number of benzene rings is 1. The molecule has 108 valence electrons. The normalized spacial score (nSPS) is 11.8. The van der Waals surface area contributed by atoms with E-state index in [2.05, 4.69) is 25.0 Å². The number of hydrogen-bond acceptors (Lipinski definition) is 4. The molecule has 1 amide bonds. The van der Waals surface area contributed by atoms with Gasteiger partial charge in [-0.2, -0.15) is 13.2 Å². The molecule has 21 heavy (non-hydrogen) atoms. The Hall–Kier alpha value is -2.84. The number of imidazole rings is 1. The van der Waals surface area contributed by atoms with Gasteiger partial charge in [0.25, 0.3) is 5.91 Å². The summed E-state index contributed by atoms with van der Waals surface area (Å²) in [5.41, 5.74) is 0.415. The van der Waals surface area contributed by atoms with E-state index in [0.717, 1.165) is 0 Å². The maximum atomic E-state index is 12.5. The summed E-state index contributed by atoms with van der Waals surface area (Å²) in [5.74, 6) is -1.42. The lowest BCUT2D eigenvalue weighted by molar-refractivity contribution is -0.144. The van der Waals surface area contributed by atoms with Crippen molar-refractivity contribution >= 4 is 22.8 Å². The molecule has 0 aliphatic carbocycles. The summed E-state index contributed by atoms with van der Waals surface area (Å²) in [6.45, 7) is 0. The third-order valence-corrected chi connectivity index (χ3v) is 2.69. The van der Waals surface area contributed by atoms with Crippen LogP contribution in [0.25, 0.3) is 11.0 Å². The summed E-state index contributed by atoms with van der Waals surface area (Å²) < 4.78 is 42.2. The highest BCUT2D eigenvalue weighted by molar-refractivity contribution is 6.05. The molecule has 2 aromatic heterocycles. The first kappa shape index (κ1) is 13.2. The van der Waals surface area contributed by atoms with E-state index in [1.165, 1.54) is 30.5 Å². The summed E-state index contributed by atoms with van der Waals surface area (Å²) in [4.78, 5) is 17.5. The van der Waals surface area contributed by atoms with Crippen molar-refractivity contribution < 1.29 is 22.5 Å². The first-order chi connectivity index (χ1) is 9.93. The van der Waals surface area contributed by atoms with Crippen molar-refractivity contribution in [1.82, 2.24) is 15.1 Å². The zero-order valence-electron chi connectivity index (χ0n) is 10.2. The highest BCUT2D eigenvalue weighted by Crippen LogP contribution is 2.28. The van der Waals surface area contributed by atoms with Gasteiger partial charge in [-0.15, -0.1) is 0 Å². The molecule has 1 aromatic carbocycles. The van der Waals surface area contributed by atoms with E-state index in [1.807, 2.05) is 0 Å². The Bertz CT molecular complexity index is 793. The van der Waals surface area contributed by atoms with E-state index in [1.54, 1.807) is 0 Å². The number of amides is 1. The second kappa shape index (κ2) is 4.62. The first-order valence-corrected chi connectivity index (χ1v) is 5.72. The van der Waals surface area contributed by atoms with Crippen LogP contribution < -0.4 is 5.32 Å². The lowest BCUT2D eigenvalue weighted by Crippen LogP contribution is -2.11. The Morgan fingerprint density at radius 3 is 2.76 bits per heavy atom. The molecule has 0 radical (unpaired) electrons. The van der Waals surface area contributed by atoms with Gasteiger partial charge in [0, 0.05) is 11.6 Å². The van der Waals surface area contributed by atoms with Crippen molar-refractivity contribution in [2.75, 3.05) is 5.32 Å². The minimum absolute atomic E-state index is 0.120. The number of alkyl halides is 3. The number of fused-ring (bicyclic) bond motifs is 1. The van der Waals surface area contributed by atoms with E-state index in [9.17, 15) is 18.0 Å². The van der Waals surface area contributed by atoms with Crippen molar-refractivity contribution in [3.63, 3.8) is 0 Å². The molecule has 0 spiro atoms. The van der Waals surface area contributed by atoms with Crippen molar-refractivity contribution in [3.05, 3.63) is 41.9 Å². The van der Waals surface area contributed by atoms with Gasteiger partial charge >= 0.3 is 6.18 Å². The maximum Gasteiger partial charge on any atom is 0.449 e.